The molecule has 0 aliphatic heterocycles. The first-order valence-corrected chi connectivity index (χ1v) is 9.53. The van der Waals surface area contributed by atoms with E-state index in [0.717, 1.165) is 35.5 Å². The van der Waals surface area contributed by atoms with Gasteiger partial charge < -0.3 is 4.74 Å². The lowest BCUT2D eigenvalue weighted by Gasteiger charge is -2.44. The summed E-state index contributed by atoms with van der Waals surface area (Å²) in [6, 6.07) is 0. The Morgan fingerprint density at radius 2 is 1.05 bits per heavy atom. The fraction of sp³-hybridized carbons (Fsp3) is 1.00. The molecule has 6 atom stereocenters. The minimum atomic E-state index is 0.519. The highest BCUT2D eigenvalue weighted by Gasteiger charge is 2.37. The first kappa shape index (κ1) is 17.3. The summed E-state index contributed by atoms with van der Waals surface area (Å²) in [5.74, 6) is 4.80. The first-order chi connectivity index (χ1) is 9.88. The molecule has 0 radical (unpaired) electrons. The summed E-state index contributed by atoms with van der Waals surface area (Å²) >= 11 is 0. The Kier molecular flexibility index (Phi) is 6.17. The number of hydrogen-bond acceptors (Lipinski definition) is 1. The van der Waals surface area contributed by atoms with Crippen LogP contribution in [-0.2, 0) is 4.74 Å². The van der Waals surface area contributed by atoms with Crippen molar-refractivity contribution in [2.24, 2.45) is 35.5 Å². The van der Waals surface area contributed by atoms with Gasteiger partial charge in [0.1, 0.15) is 0 Å². The van der Waals surface area contributed by atoms with E-state index in [-0.39, 0.29) is 0 Å². The van der Waals surface area contributed by atoms with Crippen molar-refractivity contribution in [1.82, 2.24) is 0 Å². The molecule has 1 heteroatoms. The predicted octanol–water partition coefficient (Wildman–Crippen LogP) is 5.92. The van der Waals surface area contributed by atoms with Gasteiger partial charge in [0.15, 0.2) is 0 Å². The van der Waals surface area contributed by atoms with E-state index < -0.39 is 0 Å². The van der Waals surface area contributed by atoms with Gasteiger partial charge in [0.25, 0.3) is 0 Å². The minimum absolute atomic E-state index is 0.519. The molecular weight excluding hydrogens is 256 g/mol. The van der Waals surface area contributed by atoms with Crippen molar-refractivity contribution in [1.29, 1.82) is 0 Å². The molecule has 6 unspecified atom stereocenters. The molecule has 0 spiro atoms. The third-order valence-corrected chi connectivity index (χ3v) is 6.27. The largest absolute Gasteiger partial charge is 0.374 e. The maximum absolute atomic E-state index is 6.82. The van der Waals surface area contributed by atoms with Gasteiger partial charge in [0.2, 0.25) is 0 Å². The number of ether oxygens (including phenoxy) is 1. The van der Waals surface area contributed by atoms with Gasteiger partial charge >= 0.3 is 0 Å². The zero-order valence-electron chi connectivity index (χ0n) is 15.3. The fourth-order valence-electron chi connectivity index (χ4n) is 4.77. The van der Waals surface area contributed by atoms with Crippen LogP contribution in [0.2, 0.25) is 0 Å². The maximum Gasteiger partial charge on any atom is 0.0612 e. The smallest absolute Gasteiger partial charge is 0.0612 e. The highest BCUT2D eigenvalue weighted by molar-refractivity contribution is 4.86. The van der Waals surface area contributed by atoms with Crippen molar-refractivity contribution in [2.75, 3.05) is 0 Å². The second kappa shape index (κ2) is 7.49. The molecule has 2 aliphatic carbocycles. The zero-order chi connectivity index (χ0) is 15.6. The minimum Gasteiger partial charge on any atom is -0.374 e. The second-order valence-corrected chi connectivity index (χ2v) is 8.87. The Labute approximate surface area is 133 Å². The maximum atomic E-state index is 6.82. The molecule has 0 N–H and O–H groups in total. The first-order valence-electron chi connectivity index (χ1n) is 9.53. The van der Waals surface area contributed by atoms with Gasteiger partial charge in [-0.2, -0.15) is 0 Å². The van der Waals surface area contributed by atoms with Gasteiger partial charge in [-0.1, -0.05) is 54.4 Å². The zero-order valence-corrected chi connectivity index (χ0v) is 15.3. The van der Waals surface area contributed by atoms with Crippen molar-refractivity contribution in [3.05, 3.63) is 0 Å². The molecule has 0 heterocycles. The van der Waals surface area contributed by atoms with Crippen LogP contribution in [0.15, 0.2) is 0 Å². The molecule has 124 valence electrons. The molecule has 2 saturated carbocycles. The average molecular weight is 295 g/mol. The molecule has 2 fully saturated rings. The summed E-state index contributed by atoms with van der Waals surface area (Å²) in [7, 11) is 0. The van der Waals surface area contributed by atoms with Crippen LogP contribution in [0.5, 0.6) is 0 Å². The van der Waals surface area contributed by atoms with Gasteiger partial charge in [0.05, 0.1) is 12.2 Å². The van der Waals surface area contributed by atoms with Gasteiger partial charge in [-0.15, -0.1) is 0 Å². The molecule has 0 aromatic carbocycles. The predicted molar refractivity (Wildman–Crippen MR) is 91.3 cm³/mol. The van der Waals surface area contributed by atoms with E-state index in [1.54, 1.807) is 0 Å². The Morgan fingerprint density at radius 1 is 0.667 bits per heavy atom. The molecule has 0 aromatic rings. The molecular formula is C20H38O. The van der Waals surface area contributed by atoms with Crippen molar-refractivity contribution in [2.45, 2.75) is 92.3 Å². The molecule has 0 aromatic heterocycles. The lowest BCUT2D eigenvalue weighted by molar-refractivity contribution is -0.123. The van der Waals surface area contributed by atoms with Crippen LogP contribution in [0.25, 0.3) is 0 Å². The van der Waals surface area contributed by atoms with E-state index >= 15 is 0 Å². The van der Waals surface area contributed by atoms with Crippen LogP contribution in [0.4, 0.5) is 0 Å². The van der Waals surface area contributed by atoms with Crippen LogP contribution in [0, 0.1) is 35.5 Å². The summed E-state index contributed by atoms with van der Waals surface area (Å²) in [6.07, 6.45) is 9.16. The summed E-state index contributed by atoms with van der Waals surface area (Å²) in [6.45, 7) is 14.4. The van der Waals surface area contributed by atoms with Gasteiger partial charge in [-0.05, 0) is 61.2 Å². The van der Waals surface area contributed by atoms with Crippen LogP contribution in [-0.4, -0.2) is 12.2 Å². The topological polar surface area (TPSA) is 9.23 Å². The Balaban J connectivity index is 2.04. The molecule has 0 amide bonds. The van der Waals surface area contributed by atoms with Gasteiger partial charge in [0, 0.05) is 0 Å². The van der Waals surface area contributed by atoms with Crippen molar-refractivity contribution in [3.8, 4) is 0 Å². The highest BCUT2D eigenvalue weighted by atomic mass is 16.5. The molecule has 2 aliphatic rings. The standard InChI is InChI=1S/C20H38O/c1-13(2)17-9-7-15(5)11-19(17)21-20-12-16(6)8-10-18(20)14(3)4/h13-20H,7-12H2,1-6H3. The molecule has 2 rings (SSSR count). The lowest BCUT2D eigenvalue weighted by atomic mass is 9.73. The second-order valence-electron chi connectivity index (χ2n) is 8.87. The fourth-order valence-corrected chi connectivity index (χ4v) is 4.77. The summed E-state index contributed by atoms with van der Waals surface area (Å²) in [4.78, 5) is 0. The van der Waals surface area contributed by atoms with E-state index in [4.69, 9.17) is 4.74 Å². The van der Waals surface area contributed by atoms with Crippen LogP contribution < -0.4 is 0 Å². The molecule has 0 bridgehead atoms. The third-order valence-electron chi connectivity index (χ3n) is 6.27. The van der Waals surface area contributed by atoms with E-state index in [9.17, 15) is 0 Å². The Morgan fingerprint density at radius 3 is 1.38 bits per heavy atom. The molecule has 0 saturated heterocycles. The third kappa shape index (κ3) is 4.47. The van der Waals surface area contributed by atoms with Crippen LogP contribution in [0.3, 0.4) is 0 Å². The Hall–Kier alpha value is -0.0400. The summed E-state index contributed by atoms with van der Waals surface area (Å²) in [5, 5.41) is 0. The van der Waals surface area contributed by atoms with Crippen LogP contribution >= 0.6 is 0 Å². The van der Waals surface area contributed by atoms with Crippen molar-refractivity contribution >= 4 is 0 Å². The van der Waals surface area contributed by atoms with E-state index in [2.05, 4.69) is 41.5 Å². The van der Waals surface area contributed by atoms with Crippen molar-refractivity contribution in [3.63, 3.8) is 0 Å². The number of hydrogen-bond donors (Lipinski definition) is 0. The van der Waals surface area contributed by atoms with E-state index in [0.29, 0.717) is 12.2 Å². The SMILES string of the molecule is CC1CCC(C(C)C)C(OC2CC(C)CCC2C(C)C)C1. The van der Waals surface area contributed by atoms with Crippen molar-refractivity contribution < 1.29 is 4.74 Å². The Bertz CT molecular complexity index is 279. The summed E-state index contributed by atoms with van der Waals surface area (Å²) < 4.78 is 6.82. The summed E-state index contributed by atoms with van der Waals surface area (Å²) in [5.41, 5.74) is 0. The van der Waals surface area contributed by atoms with Crippen LogP contribution in [0.1, 0.15) is 80.1 Å². The highest BCUT2D eigenvalue weighted by Crippen LogP contribution is 2.41. The molecule has 1 nitrogen and oxygen atoms in total. The van der Waals surface area contributed by atoms with Gasteiger partial charge in [-0.3, -0.25) is 0 Å². The monoisotopic (exact) mass is 294 g/mol. The lowest BCUT2D eigenvalue weighted by Crippen LogP contribution is -2.42. The average Bonchev–Trinajstić information content (AvgIpc) is 2.38. The van der Waals surface area contributed by atoms with E-state index in [1.165, 1.54) is 38.5 Å². The quantitative estimate of drug-likeness (QED) is 0.625. The molecule has 21 heavy (non-hydrogen) atoms. The number of rotatable bonds is 4. The normalized spacial score (nSPS) is 41.7. The van der Waals surface area contributed by atoms with Gasteiger partial charge in [-0.25, -0.2) is 0 Å². The van der Waals surface area contributed by atoms with E-state index in [1.807, 2.05) is 0 Å².